The minimum Gasteiger partial charge on any atom is -0.402 e. The van der Waals surface area contributed by atoms with E-state index >= 15 is 0 Å². The fourth-order valence-corrected chi connectivity index (χ4v) is 6.46. The number of hydrogen-bond donors (Lipinski definition) is 3. The van der Waals surface area contributed by atoms with Gasteiger partial charge in [-0.25, -0.2) is 4.98 Å². The molecule has 3 aliphatic rings. The second kappa shape index (κ2) is 17.2. The number of aromatic nitrogens is 2. The summed E-state index contributed by atoms with van der Waals surface area (Å²) in [5.74, 6) is 7.73. The monoisotopic (exact) mass is 611 g/mol. The highest BCUT2D eigenvalue weighted by Crippen LogP contribution is 2.59. The molecule has 2 bridgehead atoms. The Balaban J connectivity index is 0.000000607. The minimum atomic E-state index is -0.181. The van der Waals surface area contributed by atoms with Gasteiger partial charge < -0.3 is 20.9 Å². The molecule has 0 aromatic carbocycles. The summed E-state index contributed by atoms with van der Waals surface area (Å²) in [4.78, 5) is 4.51. The van der Waals surface area contributed by atoms with E-state index in [0.29, 0.717) is 23.8 Å². The van der Waals surface area contributed by atoms with Crippen LogP contribution in [0.15, 0.2) is 91.1 Å². The maximum atomic E-state index is 5.72. The number of imidazole rings is 1. The lowest BCUT2D eigenvalue weighted by Crippen LogP contribution is -2.47. The van der Waals surface area contributed by atoms with Gasteiger partial charge in [-0.3, -0.25) is 0 Å². The van der Waals surface area contributed by atoms with Gasteiger partial charge in [0.25, 0.3) is 0 Å². The van der Waals surface area contributed by atoms with Crippen LogP contribution in [0.4, 0.5) is 0 Å². The van der Waals surface area contributed by atoms with Gasteiger partial charge in [0.2, 0.25) is 0 Å². The van der Waals surface area contributed by atoms with Gasteiger partial charge in [-0.1, -0.05) is 88.8 Å². The molecule has 0 aliphatic heterocycles. The van der Waals surface area contributed by atoms with Crippen LogP contribution in [0.5, 0.6) is 0 Å². The number of nitrogens with two attached hydrogens (primary N) is 1. The summed E-state index contributed by atoms with van der Waals surface area (Å²) in [6, 6.07) is -0.181. The Morgan fingerprint density at radius 1 is 1.04 bits per heavy atom. The van der Waals surface area contributed by atoms with E-state index in [1.54, 1.807) is 0 Å². The van der Waals surface area contributed by atoms with Crippen LogP contribution in [0.3, 0.4) is 0 Å². The van der Waals surface area contributed by atoms with Crippen LogP contribution in [-0.4, -0.2) is 22.6 Å². The molecule has 1 unspecified atom stereocenters. The molecule has 0 spiro atoms. The third-order valence-corrected chi connectivity index (χ3v) is 9.88. The molecule has 5 nitrogen and oxygen atoms in total. The highest BCUT2D eigenvalue weighted by molar-refractivity contribution is 5.31. The van der Waals surface area contributed by atoms with E-state index in [9.17, 15) is 0 Å². The molecule has 5 heteroatoms. The Kier molecular flexibility index (Phi) is 14.3. The Morgan fingerprint density at radius 2 is 1.67 bits per heavy atom. The van der Waals surface area contributed by atoms with E-state index < -0.39 is 0 Å². The first-order valence-corrected chi connectivity index (χ1v) is 16.7. The molecular formula is C40H61N5. The maximum absolute atomic E-state index is 5.72. The molecule has 0 radical (unpaired) electrons. The van der Waals surface area contributed by atoms with Crippen LogP contribution in [0.2, 0.25) is 0 Å². The number of nitrogens with zero attached hydrogens (tertiary/aromatic N) is 2. The van der Waals surface area contributed by atoms with Gasteiger partial charge in [-0.15, -0.1) is 0 Å². The van der Waals surface area contributed by atoms with Crippen molar-refractivity contribution >= 4 is 0 Å². The molecule has 3 fully saturated rings. The van der Waals surface area contributed by atoms with Crippen molar-refractivity contribution in [3.63, 3.8) is 0 Å². The summed E-state index contributed by atoms with van der Waals surface area (Å²) < 4.78 is 2.17. The van der Waals surface area contributed by atoms with Crippen molar-refractivity contribution in [2.45, 2.75) is 112 Å². The fraction of sp³-hybridized carbons (Fsp3) is 0.525. The molecule has 246 valence electrons. The third kappa shape index (κ3) is 10.2. The third-order valence-electron chi connectivity index (χ3n) is 9.88. The predicted molar refractivity (Wildman–Crippen MR) is 195 cm³/mol. The van der Waals surface area contributed by atoms with Gasteiger partial charge in [-0.2, -0.15) is 0 Å². The van der Waals surface area contributed by atoms with Crippen LogP contribution >= 0.6 is 0 Å². The molecule has 1 heterocycles. The highest BCUT2D eigenvalue weighted by Gasteiger charge is 2.48. The largest absolute Gasteiger partial charge is 0.402 e. The van der Waals surface area contributed by atoms with Crippen molar-refractivity contribution in [1.82, 2.24) is 20.2 Å². The second-order valence-electron chi connectivity index (χ2n) is 13.4. The normalized spacial score (nSPS) is 21.1. The SMILES string of the molecule is C=C(C)CNC(=C)C(=C)CC#CC(C(=C)NCC12CCC(C(=C)C)(CC1)CC2)n1c(C)cnc1C.C=C/C(CCC)=C(/N)CC. The molecule has 4 N–H and O–H groups in total. The lowest BCUT2D eigenvalue weighted by Gasteiger charge is -2.54. The van der Waals surface area contributed by atoms with Crippen LogP contribution in [0.1, 0.15) is 109 Å². The lowest BCUT2D eigenvalue weighted by atomic mass is 9.52. The fourth-order valence-electron chi connectivity index (χ4n) is 6.46. The summed E-state index contributed by atoms with van der Waals surface area (Å²) in [6.45, 7) is 38.8. The number of aryl methyl sites for hydroxylation is 2. The number of fused-ring (bicyclic) bond motifs is 3. The smallest absolute Gasteiger partial charge is 0.135 e. The molecular weight excluding hydrogens is 550 g/mol. The number of hydrogen-bond acceptors (Lipinski definition) is 4. The number of rotatable bonds is 15. The van der Waals surface area contributed by atoms with Crippen molar-refractivity contribution in [3.05, 3.63) is 103 Å². The van der Waals surface area contributed by atoms with Gasteiger partial charge in [-0.05, 0) is 101 Å². The van der Waals surface area contributed by atoms with Crippen molar-refractivity contribution in [3.8, 4) is 11.8 Å². The van der Waals surface area contributed by atoms with Crippen LogP contribution in [0.25, 0.3) is 0 Å². The lowest BCUT2D eigenvalue weighted by molar-refractivity contribution is 0.0166. The summed E-state index contributed by atoms with van der Waals surface area (Å²) in [7, 11) is 0. The Hall–Kier alpha value is -3.65. The summed E-state index contributed by atoms with van der Waals surface area (Å²) in [5.41, 5.74) is 14.8. The van der Waals surface area contributed by atoms with Crippen LogP contribution in [0, 0.1) is 36.5 Å². The molecule has 1 atom stereocenters. The molecule has 3 aliphatic carbocycles. The van der Waals surface area contributed by atoms with Crippen LogP contribution < -0.4 is 16.4 Å². The Morgan fingerprint density at radius 3 is 2.13 bits per heavy atom. The minimum absolute atomic E-state index is 0.181. The Bertz CT molecular complexity index is 1310. The van der Waals surface area contributed by atoms with E-state index in [2.05, 4.69) is 99.2 Å². The second-order valence-corrected chi connectivity index (χ2v) is 13.4. The molecule has 1 aromatic heterocycles. The van der Waals surface area contributed by atoms with E-state index in [0.717, 1.165) is 65.6 Å². The Labute approximate surface area is 275 Å². The average Bonchev–Trinajstić information content (AvgIpc) is 3.37. The summed E-state index contributed by atoms with van der Waals surface area (Å²) in [6.07, 6.45) is 15.0. The van der Waals surface area contributed by atoms with Crippen LogP contribution in [-0.2, 0) is 0 Å². The standard InChI is InChI=1S/C31H44N4.C9H17N/c1-22(2)19-32-26(7)24(5)11-10-12-29(35-25(6)20-33-28(35)9)27(8)34-21-30-13-16-31(17-14-30,18-15-30)23(3)4;1-4-7-8(5-2)9(10)6-3/h20,29,32,34H,1,3,5,7-8,11,13-19,21H2,2,4,6,9H3;5H,2,4,6-7,10H2,1,3H3/b;9-8-. The first kappa shape index (κ1) is 37.5. The molecule has 1 aromatic rings. The number of nitrogens with one attached hydrogen (secondary N) is 2. The van der Waals surface area contributed by atoms with Gasteiger partial charge in [0, 0.05) is 48.5 Å². The first-order valence-electron chi connectivity index (χ1n) is 16.7. The van der Waals surface area contributed by atoms with E-state index in [4.69, 9.17) is 5.73 Å². The van der Waals surface area contributed by atoms with Gasteiger partial charge >= 0.3 is 0 Å². The zero-order valence-electron chi connectivity index (χ0n) is 29.4. The zero-order chi connectivity index (χ0) is 33.8. The first-order chi connectivity index (χ1) is 21.2. The summed E-state index contributed by atoms with van der Waals surface area (Å²) >= 11 is 0. The van der Waals surface area contributed by atoms with Crippen molar-refractivity contribution in [2.24, 2.45) is 16.6 Å². The maximum Gasteiger partial charge on any atom is 0.135 e. The summed E-state index contributed by atoms with van der Waals surface area (Å²) in [5, 5.41) is 6.97. The van der Waals surface area contributed by atoms with Gasteiger partial charge in [0.15, 0.2) is 0 Å². The molecule has 4 rings (SSSR count). The topological polar surface area (TPSA) is 67.9 Å². The van der Waals surface area contributed by atoms with E-state index in [-0.39, 0.29) is 6.04 Å². The van der Waals surface area contributed by atoms with E-state index in [1.807, 2.05) is 26.1 Å². The molecule has 0 saturated heterocycles. The van der Waals surface area contributed by atoms with Crippen molar-refractivity contribution in [2.75, 3.05) is 13.1 Å². The average molecular weight is 612 g/mol. The molecule has 45 heavy (non-hydrogen) atoms. The van der Waals surface area contributed by atoms with Gasteiger partial charge in [0.05, 0.1) is 0 Å². The van der Waals surface area contributed by atoms with Crippen molar-refractivity contribution in [1.29, 1.82) is 0 Å². The molecule has 3 saturated carbocycles. The molecule has 0 amide bonds. The van der Waals surface area contributed by atoms with E-state index in [1.165, 1.54) is 49.7 Å². The van der Waals surface area contributed by atoms with Gasteiger partial charge in [0.1, 0.15) is 11.9 Å². The zero-order valence-corrected chi connectivity index (χ0v) is 29.4. The predicted octanol–water partition coefficient (Wildman–Crippen LogP) is 9.29. The quantitative estimate of drug-likeness (QED) is 0.105. The number of allylic oxidation sites excluding steroid dienone is 6. The highest BCUT2D eigenvalue weighted by atomic mass is 15.1. The van der Waals surface area contributed by atoms with Crippen molar-refractivity contribution < 1.29 is 0 Å².